The Balaban J connectivity index is 1.67. The highest BCUT2D eigenvalue weighted by molar-refractivity contribution is 5.98. The van der Waals surface area contributed by atoms with Crippen molar-refractivity contribution in [2.24, 2.45) is 0 Å². The summed E-state index contributed by atoms with van der Waals surface area (Å²) in [7, 11) is 0. The minimum absolute atomic E-state index is 0.0717. The van der Waals surface area contributed by atoms with Gasteiger partial charge in [0.2, 0.25) is 0 Å². The zero-order valence-electron chi connectivity index (χ0n) is 12.1. The second-order valence-electron chi connectivity index (χ2n) is 5.69. The van der Waals surface area contributed by atoms with Gasteiger partial charge in [0.1, 0.15) is 0 Å². The standard InChI is InChI=1S/C16H17N5O/c22-16(11-4-5-13-12(9-11)10-18-19-13)21-8-2-1-3-15(21)14-6-7-17-20-14/h4-7,9-10,15H,1-3,8H2,(H,17,20)(H,18,19). The van der Waals surface area contributed by atoms with Crippen molar-refractivity contribution in [2.75, 3.05) is 6.54 Å². The molecule has 6 heteroatoms. The Morgan fingerprint density at radius 3 is 3.00 bits per heavy atom. The number of aromatic nitrogens is 4. The Kier molecular flexibility index (Phi) is 3.14. The number of benzene rings is 1. The summed E-state index contributed by atoms with van der Waals surface area (Å²) in [5.41, 5.74) is 2.66. The molecule has 1 aliphatic heterocycles. The van der Waals surface area contributed by atoms with Crippen LogP contribution >= 0.6 is 0 Å². The van der Waals surface area contributed by atoms with Crippen LogP contribution in [0.4, 0.5) is 0 Å². The SMILES string of the molecule is O=C(c1ccc2[nH]ncc2c1)N1CCCCC1c1ccn[nH]1. The molecule has 3 heterocycles. The van der Waals surface area contributed by atoms with E-state index in [9.17, 15) is 4.79 Å². The van der Waals surface area contributed by atoms with Crippen LogP contribution in [-0.4, -0.2) is 37.7 Å². The van der Waals surface area contributed by atoms with Gasteiger partial charge in [-0.2, -0.15) is 10.2 Å². The first-order valence-corrected chi connectivity index (χ1v) is 7.56. The molecule has 6 nitrogen and oxygen atoms in total. The number of fused-ring (bicyclic) bond motifs is 1. The fourth-order valence-corrected chi connectivity index (χ4v) is 3.19. The molecule has 1 aliphatic rings. The van der Waals surface area contributed by atoms with Gasteiger partial charge in [-0.25, -0.2) is 0 Å². The van der Waals surface area contributed by atoms with Gasteiger partial charge in [-0.15, -0.1) is 0 Å². The van der Waals surface area contributed by atoms with Crippen LogP contribution in [0.2, 0.25) is 0 Å². The van der Waals surface area contributed by atoms with E-state index in [2.05, 4.69) is 20.4 Å². The largest absolute Gasteiger partial charge is 0.330 e. The molecule has 0 spiro atoms. The number of carbonyl (C=O) groups excluding carboxylic acids is 1. The molecule has 2 aromatic heterocycles. The third-order valence-electron chi connectivity index (χ3n) is 4.33. The number of likely N-dealkylation sites (tertiary alicyclic amines) is 1. The molecule has 22 heavy (non-hydrogen) atoms. The van der Waals surface area contributed by atoms with Crippen molar-refractivity contribution in [1.29, 1.82) is 0 Å². The van der Waals surface area contributed by atoms with Crippen molar-refractivity contribution in [1.82, 2.24) is 25.3 Å². The fourth-order valence-electron chi connectivity index (χ4n) is 3.19. The molecule has 1 unspecified atom stereocenters. The summed E-state index contributed by atoms with van der Waals surface area (Å²) >= 11 is 0. The van der Waals surface area contributed by atoms with E-state index in [4.69, 9.17) is 0 Å². The molecule has 0 saturated carbocycles. The van der Waals surface area contributed by atoms with Gasteiger partial charge in [-0.3, -0.25) is 15.0 Å². The van der Waals surface area contributed by atoms with Gasteiger partial charge in [-0.05, 0) is 43.5 Å². The summed E-state index contributed by atoms with van der Waals surface area (Å²) in [5, 5.41) is 14.9. The van der Waals surface area contributed by atoms with Crippen molar-refractivity contribution in [3.8, 4) is 0 Å². The van der Waals surface area contributed by atoms with Crippen LogP contribution in [0.25, 0.3) is 10.9 Å². The van der Waals surface area contributed by atoms with Crippen LogP contribution in [0.1, 0.15) is 41.4 Å². The lowest BCUT2D eigenvalue weighted by molar-refractivity contribution is 0.0606. The maximum atomic E-state index is 12.9. The third-order valence-corrected chi connectivity index (χ3v) is 4.33. The number of nitrogens with zero attached hydrogens (tertiary/aromatic N) is 3. The summed E-state index contributed by atoms with van der Waals surface area (Å²) in [4.78, 5) is 14.9. The summed E-state index contributed by atoms with van der Waals surface area (Å²) in [6.45, 7) is 0.784. The minimum atomic E-state index is 0.0717. The maximum Gasteiger partial charge on any atom is 0.254 e. The van der Waals surface area contributed by atoms with E-state index in [-0.39, 0.29) is 11.9 Å². The number of H-pyrrole nitrogens is 2. The lowest BCUT2D eigenvalue weighted by atomic mass is 9.98. The van der Waals surface area contributed by atoms with Crippen LogP contribution < -0.4 is 0 Å². The van der Waals surface area contributed by atoms with Gasteiger partial charge < -0.3 is 4.90 Å². The molecule has 1 saturated heterocycles. The third kappa shape index (κ3) is 2.16. The molecule has 0 radical (unpaired) electrons. The smallest absolute Gasteiger partial charge is 0.254 e. The monoisotopic (exact) mass is 295 g/mol. The average molecular weight is 295 g/mol. The van der Waals surface area contributed by atoms with E-state index in [1.807, 2.05) is 29.2 Å². The molecule has 0 bridgehead atoms. The number of nitrogens with one attached hydrogen (secondary N) is 2. The molecule has 1 fully saturated rings. The highest BCUT2D eigenvalue weighted by Gasteiger charge is 2.29. The zero-order chi connectivity index (χ0) is 14.9. The molecule has 112 valence electrons. The molecule has 4 rings (SSSR count). The van der Waals surface area contributed by atoms with E-state index in [1.54, 1.807) is 12.4 Å². The average Bonchev–Trinajstić information content (AvgIpc) is 3.24. The van der Waals surface area contributed by atoms with E-state index < -0.39 is 0 Å². The Hall–Kier alpha value is -2.63. The number of rotatable bonds is 2. The van der Waals surface area contributed by atoms with Crippen molar-refractivity contribution < 1.29 is 4.79 Å². The maximum absolute atomic E-state index is 12.9. The van der Waals surface area contributed by atoms with Gasteiger partial charge in [0, 0.05) is 23.7 Å². The highest BCUT2D eigenvalue weighted by Crippen LogP contribution is 2.31. The van der Waals surface area contributed by atoms with Gasteiger partial charge in [0.25, 0.3) is 5.91 Å². The minimum Gasteiger partial charge on any atom is -0.330 e. The molecule has 0 aliphatic carbocycles. The van der Waals surface area contributed by atoms with E-state index >= 15 is 0 Å². The molecular weight excluding hydrogens is 278 g/mol. The number of hydrogen-bond donors (Lipinski definition) is 2. The lowest BCUT2D eigenvalue weighted by Crippen LogP contribution is -2.38. The van der Waals surface area contributed by atoms with Crippen LogP contribution in [0.15, 0.2) is 36.7 Å². The number of aromatic amines is 2. The van der Waals surface area contributed by atoms with Crippen molar-refractivity contribution >= 4 is 16.8 Å². The van der Waals surface area contributed by atoms with Crippen molar-refractivity contribution in [3.05, 3.63) is 47.9 Å². The van der Waals surface area contributed by atoms with E-state index in [1.165, 1.54) is 0 Å². The van der Waals surface area contributed by atoms with Gasteiger partial charge >= 0.3 is 0 Å². The highest BCUT2D eigenvalue weighted by atomic mass is 16.2. The number of hydrogen-bond acceptors (Lipinski definition) is 3. The summed E-state index contributed by atoms with van der Waals surface area (Å²) in [6, 6.07) is 7.71. The van der Waals surface area contributed by atoms with Gasteiger partial charge in [0.15, 0.2) is 0 Å². The van der Waals surface area contributed by atoms with Crippen LogP contribution in [-0.2, 0) is 0 Å². The quantitative estimate of drug-likeness (QED) is 0.763. The Morgan fingerprint density at radius 1 is 1.18 bits per heavy atom. The molecule has 2 N–H and O–H groups in total. The first-order chi connectivity index (χ1) is 10.8. The van der Waals surface area contributed by atoms with E-state index in [0.29, 0.717) is 5.56 Å². The Bertz CT molecular complexity index is 792. The first kappa shape index (κ1) is 13.1. The fraction of sp³-hybridized carbons (Fsp3) is 0.312. The Morgan fingerprint density at radius 2 is 2.14 bits per heavy atom. The van der Waals surface area contributed by atoms with Crippen molar-refractivity contribution in [2.45, 2.75) is 25.3 Å². The first-order valence-electron chi connectivity index (χ1n) is 7.56. The molecule has 3 aromatic rings. The van der Waals surface area contributed by atoms with Gasteiger partial charge in [0.05, 0.1) is 23.4 Å². The number of amides is 1. The second-order valence-corrected chi connectivity index (χ2v) is 5.69. The molecule has 1 amide bonds. The van der Waals surface area contributed by atoms with Crippen LogP contribution in [0.5, 0.6) is 0 Å². The second kappa shape index (κ2) is 5.29. The van der Waals surface area contributed by atoms with Crippen LogP contribution in [0, 0.1) is 0 Å². The Labute approximate surface area is 127 Å². The molecule has 1 atom stereocenters. The predicted molar refractivity (Wildman–Crippen MR) is 82.3 cm³/mol. The lowest BCUT2D eigenvalue weighted by Gasteiger charge is -2.35. The summed E-state index contributed by atoms with van der Waals surface area (Å²) in [6.07, 6.45) is 6.64. The predicted octanol–water partition coefficient (Wildman–Crippen LogP) is 2.65. The topological polar surface area (TPSA) is 77.7 Å². The van der Waals surface area contributed by atoms with Crippen molar-refractivity contribution in [3.63, 3.8) is 0 Å². The number of carbonyl (C=O) groups is 1. The van der Waals surface area contributed by atoms with E-state index in [0.717, 1.165) is 42.4 Å². The normalized spacial score (nSPS) is 18.7. The molecular formula is C16H17N5O. The summed E-state index contributed by atoms with van der Waals surface area (Å²) in [5.74, 6) is 0.0717. The molecule has 1 aromatic carbocycles. The number of piperidine rings is 1. The van der Waals surface area contributed by atoms with Crippen LogP contribution in [0.3, 0.4) is 0 Å². The zero-order valence-corrected chi connectivity index (χ0v) is 12.1. The summed E-state index contributed by atoms with van der Waals surface area (Å²) < 4.78 is 0. The van der Waals surface area contributed by atoms with Gasteiger partial charge in [-0.1, -0.05) is 0 Å².